The predicted octanol–water partition coefficient (Wildman–Crippen LogP) is 1.67. The molecular weight excluding hydrogens is 266 g/mol. The minimum Gasteiger partial charge on any atom is -0.480 e. The summed E-state index contributed by atoms with van der Waals surface area (Å²) in [4.78, 5) is 39.5. The second kappa shape index (κ2) is 5.52. The molecule has 2 rings (SSSR count). The van der Waals surface area contributed by atoms with E-state index in [1.807, 2.05) is 0 Å². The molecule has 0 aromatic carbocycles. The van der Waals surface area contributed by atoms with Crippen LogP contribution in [0.25, 0.3) is 0 Å². The molecule has 1 aromatic heterocycles. The van der Waals surface area contributed by atoms with Crippen molar-refractivity contribution in [2.24, 2.45) is 11.8 Å². The Bertz CT molecular complexity index is 539. The van der Waals surface area contributed by atoms with Gasteiger partial charge in [-0.15, -0.1) is 11.8 Å². The van der Waals surface area contributed by atoms with Crippen molar-refractivity contribution in [2.45, 2.75) is 17.9 Å². The summed E-state index contributed by atoms with van der Waals surface area (Å²) in [5.41, 5.74) is 0.205. The summed E-state index contributed by atoms with van der Waals surface area (Å²) in [6.07, 6.45) is 4.63. The van der Waals surface area contributed by atoms with Crippen LogP contribution < -0.4 is 0 Å². The van der Waals surface area contributed by atoms with Gasteiger partial charge in [0.15, 0.2) is 17.5 Å². The third-order valence-corrected chi connectivity index (χ3v) is 3.72. The lowest BCUT2D eigenvalue weighted by Crippen LogP contribution is -2.33. The van der Waals surface area contributed by atoms with Gasteiger partial charge in [-0.2, -0.15) is 0 Å². The normalized spacial score (nSPS) is 15.8. The lowest BCUT2D eigenvalue weighted by Gasteiger charge is -2.11. The first-order chi connectivity index (χ1) is 9.06. The van der Waals surface area contributed by atoms with E-state index in [0.29, 0.717) is 17.9 Å². The fourth-order valence-corrected chi connectivity index (χ4v) is 2.42. The van der Waals surface area contributed by atoms with E-state index in [1.165, 1.54) is 24.0 Å². The van der Waals surface area contributed by atoms with Crippen LogP contribution in [0.3, 0.4) is 0 Å². The average Bonchev–Trinajstić information content (AvgIpc) is 3.22. The number of thioether (sulfide) groups is 1. The number of carbonyl (C=O) groups is 3. The predicted molar refractivity (Wildman–Crippen MR) is 69.2 cm³/mol. The fourth-order valence-electron chi connectivity index (χ4n) is 1.86. The number of ketones is 2. The standard InChI is InChI=1S/C13H13NO4S/c1-19-12-8(3-2-6-14-12)11(16)9(13(17)18)10(15)7-4-5-7/h2-3,6-7,9H,4-5H2,1H3,(H,17,18). The first-order valence-corrected chi connectivity index (χ1v) is 7.08. The maximum Gasteiger partial charge on any atom is 0.322 e. The molecule has 1 aromatic rings. The Morgan fingerprint density at radius 1 is 1.42 bits per heavy atom. The van der Waals surface area contributed by atoms with Crippen LogP contribution in [0.2, 0.25) is 0 Å². The van der Waals surface area contributed by atoms with Crippen LogP contribution in [0, 0.1) is 11.8 Å². The summed E-state index contributed by atoms with van der Waals surface area (Å²) < 4.78 is 0. The molecule has 19 heavy (non-hydrogen) atoms. The van der Waals surface area contributed by atoms with E-state index in [9.17, 15) is 14.4 Å². The van der Waals surface area contributed by atoms with E-state index < -0.39 is 23.5 Å². The van der Waals surface area contributed by atoms with E-state index in [0.717, 1.165) is 0 Å². The molecule has 5 nitrogen and oxygen atoms in total. The summed E-state index contributed by atoms with van der Waals surface area (Å²) in [6.45, 7) is 0. The smallest absolute Gasteiger partial charge is 0.322 e. The summed E-state index contributed by atoms with van der Waals surface area (Å²) in [5, 5.41) is 9.59. The van der Waals surface area contributed by atoms with Crippen molar-refractivity contribution in [1.29, 1.82) is 0 Å². The van der Waals surface area contributed by atoms with Crippen LogP contribution in [0.5, 0.6) is 0 Å². The minimum absolute atomic E-state index is 0.205. The number of carboxylic acid groups (broad SMARTS) is 1. The number of carboxylic acids is 1. The van der Waals surface area contributed by atoms with Gasteiger partial charge in [0.1, 0.15) is 5.03 Å². The van der Waals surface area contributed by atoms with E-state index in [-0.39, 0.29) is 11.5 Å². The van der Waals surface area contributed by atoms with Crippen molar-refractivity contribution in [3.05, 3.63) is 23.9 Å². The molecule has 1 aliphatic carbocycles. The van der Waals surface area contributed by atoms with E-state index >= 15 is 0 Å². The molecule has 6 heteroatoms. The van der Waals surface area contributed by atoms with E-state index in [1.54, 1.807) is 12.3 Å². The molecular formula is C13H13NO4S. The molecule has 1 N–H and O–H groups in total. The highest BCUT2D eigenvalue weighted by atomic mass is 32.2. The van der Waals surface area contributed by atoms with Gasteiger partial charge in [-0.1, -0.05) is 0 Å². The van der Waals surface area contributed by atoms with Crippen LogP contribution >= 0.6 is 11.8 Å². The van der Waals surface area contributed by atoms with Crippen LogP contribution in [-0.4, -0.2) is 33.9 Å². The zero-order valence-corrected chi connectivity index (χ0v) is 11.1. The maximum atomic E-state index is 12.3. The molecule has 1 aliphatic rings. The molecule has 1 fully saturated rings. The van der Waals surface area contributed by atoms with Crippen LogP contribution in [0.15, 0.2) is 23.4 Å². The van der Waals surface area contributed by atoms with Gasteiger partial charge in [-0.05, 0) is 31.2 Å². The Balaban J connectivity index is 2.33. The molecule has 100 valence electrons. The zero-order chi connectivity index (χ0) is 14.0. The highest BCUT2D eigenvalue weighted by Gasteiger charge is 2.43. The maximum absolute atomic E-state index is 12.3. The summed E-state index contributed by atoms with van der Waals surface area (Å²) >= 11 is 1.25. The lowest BCUT2D eigenvalue weighted by atomic mass is 9.92. The van der Waals surface area contributed by atoms with E-state index in [4.69, 9.17) is 5.11 Å². The van der Waals surface area contributed by atoms with Crippen molar-refractivity contribution in [2.75, 3.05) is 6.26 Å². The molecule has 1 unspecified atom stereocenters. The van der Waals surface area contributed by atoms with Gasteiger partial charge in [0.2, 0.25) is 0 Å². The largest absolute Gasteiger partial charge is 0.480 e. The Labute approximate surface area is 114 Å². The molecule has 0 aliphatic heterocycles. The highest BCUT2D eigenvalue weighted by Crippen LogP contribution is 2.34. The molecule has 0 bridgehead atoms. The van der Waals surface area contributed by atoms with Crippen LogP contribution in [0.1, 0.15) is 23.2 Å². The third-order valence-electron chi connectivity index (χ3n) is 3.00. The molecule has 1 saturated carbocycles. The number of carbonyl (C=O) groups excluding carboxylic acids is 2. The highest BCUT2D eigenvalue weighted by molar-refractivity contribution is 7.98. The minimum atomic E-state index is -1.59. The Kier molecular flexibility index (Phi) is 3.99. The summed E-state index contributed by atoms with van der Waals surface area (Å²) in [5.74, 6) is -4.38. The number of rotatable bonds is 6. The van der Waals surface area contributed by atoms with Gasteiger partial charge >= 0.3 is 5.97 Å². The number of nitrogens with zero attached hydrogens (tertiary/aromatic N) is 1. The average molecular weight is 279 g/mol. The Morgan fingerprint density at radius 3 is 2.63 bits per heavy atom. The first-order valence-electron chi connectivity index (χ1n) is 5.86. The molecule has 0 amide bonds. The second-order valence-corrected chi connectivity index (χ2v) is 5.17. The molecule has 0 radical (unpaired) electrons. The number of pyridine rings is 1. The fraction of sp³-hybridized carbons (Fsp3) is 0.385. The quantitative estimate of drug-likeness (QED) is 0.484. The number of hydrogen-bond acceptors (Lipinski definition) is 5. The third kappa shape index (κ3) is 2.84. The van der Waals surface area contributed by atoms with Gasteiger partial charge in [-0.3, -0.25) is 14.4 Å². The van der Waals surface area contributed by atoms with E-state index in [2.05, 4.69) is 4.98 Å². The van der Waals surface area contributed by atoms with Gasteiger partial charge in [0.25, 0.3) is 0 Å². The Hall–Kier alpha value is -1.69. The SMILES string of the molecule is CSc1ncccc1C(=O)C(C(=O)O)C(=O)C1CC1. The monoisotopic (exact) mass is 279 g/mol. The van der Waals surface area contributed by atoms with Gasteiger partial charge in [0.05, 0.1) is 5.56 Å². The van der Waals surface area contributed by atoms with Crippen molar-refractivity contribution in [3.63, 3.8) is 0 Å². The van der Waals surface area contributed by atoms with Crippen molar-refractivity contribution < 1.29 is 19.5 Å². The summed E-state index contributed by atoms with van der Waals surface area (Å²) in [7, 11) is 0. The number of Topliss-reactive ketones (excluding diaryl/α,β-unsaturated/α-hetero) is 2. The first kappa shape index (κ1) is 13.7. The number of aliphatic carboxylic acids is 1. The second-order valence-electron chi connectivity index (χ2n) is 4.37. The molecule has 1 atom stereocenters. The molecule has 0 spiro atoms. The van der Waals surface area contributed by atoms with Gasteiger partial charge in [-0.25, -0.2) is 4.98 Å². The van der Waals surface area contributed by atoms with Crippen molar-refractivity contribution in [1.82, 2.24) is 4.98 Å². The van der Waals surface area contributed by atoms with Gasteiger partial charge in [0, 0.05) is 12.1 Å². The number of aromatic nitrogens is 1. The molecule has 0 saturated heterocycles. The zero-order valence-electron chi connectivity index (χ0n) is 10.3. The summed E-state index contributed by atoms with van der Waals surface area (Å²) in [6, 6.07) is 3.07. The lowest BCUT2D eigenvalue weighted by molar-refractivity contribution is -0.144. The van der Waals surface area contributed by atoms with Gasteiger partial charge < -0.3 is 5.11 Å². The topological polar surface area (TPSA) is 84.3 Å². The van der Waals surface area contributed by atoms with Crippen LogP contribution in [0.4, 0.5) is 0 Å². The van der Waals surface area contributed by atoms with Crippen molar-refractivity contribution in [3.8, 4) is 0 Å². The van der Waals surface area contributed by atoms with Crippen LogP contribution in [-0.2, 0) is 9.59 Å². The molecule has 1 heterocycles. The van der Waals surface area contributed by atoms with Crippen molar-refractivity contribution >= 4 is 29.3 Å². The number of hydrogen-bond donors (Lipinski definition) is 1. The Morgan fingerprint density at radius 2 is 2.11 bits per heavy atom.